The van der Waals surface area contributed by atoms with E-state index in [1.807, 2.05) is 0 Å². The number of primary amides is 1. The van der Waals surface area contributed by atoms with Crippen LogP contribution in [0.2, 0.25) is 10.0 Å². The maximum atomic E-state index is 16.5. The van der Waals surface area contributed by atoms with E-state index in [4.69, 9.17) is 67.8 Å². The standard InChI is InChI=1S/C87H97Cl2F3N10O29S/c1-34(2)19-49(95-5)77(115)102-67-68(108)40-13-18-54(48(89)23-40)126-56-25-41-24-55(74(56)129-85-73(113)71(111)75(59(32-103)128-85)130-84-72(112)70(110)69(109)58(127-84)31-96-30-37-7-6-8-44(20-37)132(123)33-36-9-14-43(15-10-36)131-87(90,91)92)125-53-17-12-38(22-47(53)88)61(57-29-86(4,94)76(114)35(3)124-57)66-81(119)100-65(83(121)122)46-26-42(104)27-52(106)62(46)45-21-39(11-16-51(45)105)63(79(117)101-66)99-80(118)64(41)98-78(116)50(28-60(93)107)97-82(67)120/h6-18,20-27,34-35,49-50,57-59,61,63-73,75-76,84-85,95-96,103-106,108-114H,19,28-33,94H2,1-5H3,(H2,93,107)(H,97,120)(H,98,116)(H,99,118)(H,100,119)(H,101,117)(H,102,115)(H,121,122)/t35-,49+,50-,57?,58+,59+,61-,63+,64+,65+,66-,67+,68+,69-,70-,71+,72+,73+,75+,76-,84-,85-,86-,132?/m0/s1. The molecule has 39 nitrogen and oxygen atoms in total. The van der Waals surface area contributed by atoms with E-state index in [0.717, 1.165) is 66.7 Å². The number of phenolic OH excluding ortho intramolecular Hbond substituents is 3. The third-order valence-electron chi connectivity index (χ3n) is 23.3. The third-order valence-corrected chi connectivity index (χ3v) is 25.2. The Kier molecular flexibility index (Phi) is 30.3. The lowest BCUT2D eigenvalue weighted by Gasteiger charge is -2.47. The van der Waals surface area contributed by atoms with Crippen LogP contribution in [0.4, 0.5) is 13.2 Å². The number of nitrogens with one attached hydrogen (secondary N) is 8. The Bertz CT molecular complexity index is 5540. The van der Waals surface area contributed by atoms with Crippen LogP contribution >= 0.6 is 23.2 Å². The molecule has 2 unspecified atom stereocenters. The van der Waals surface area contributed by atoms with Crippen LogP contribution in [0.5, 0.6) is 51.7 Å². The van der Waals surface area contributed by atoms with Crippen molar-refractivity contribution in [2.75, 3.05) is 20.2 Å². The molecular weight excluding hydrogens is 1810 g/mol. The van der Waals surface area contributed by atoms with Crippen LogP contribution in [0.15, 0.2) is 132 Å². The smallest absolute Gasteiger partial charge is 0.508 e. The number of carbonyl (C=O) groups excluding carboxylic acids is 7. The molecule has 8 heterocycles. The predicted molar refractivity (Wildman–Crippen MR) is 455 cm³/mol. The summed E-state index contributed by atoms with van der Waals surface area (Å²) in [6, 6.07) is 10.3. The van der Waals surface area contributed by atoms with Crippen LogP contribution in [-0.4, -0.2) is 249 Å². The Hall–Kier alpha value is -11.2. The van der Waals surface area contributed by atoms with E-state index in [-0.39, 0.29) is 54.3 Å². The zero-order valence-electron chi connectivity index (χ0n) is 70.6. The lowest BCUT2D eigenvalue weighted by molar-refractivity contribution is -0.350. The quantitative estimate of drug-likeness (QED) is 0.0461. The van der Waals surface area contributed by atoms with Crippen molar-refractivity contribution >= 4 is 81.3 Å². The molecule has 8 aliphatic rings. The lowest BCUT2D eigenvalue weighted by atomic mass is 9.75. The number of aliphatic hydroxyl groups excluding tert-OH is 8. The van der Waals surface area contributed by atoms with Crippen LogP contribution in [-0.2, 0) is 80.4 Å². The topological polar surface area (TPSA) is 619 Å². The summed E-state index contributed by atoms with van der Waals surface area (Å²) < 4.78 is 101. The highest BCUT2D eigenvalue weighted by Crippen LogP contribution is 2.51. The zero-order chi connectivity index (χ0) is 95.7. The number of rotatable bonds is 22. The van der Waals surface area contributed by atoms with Gasteiger partial charge in [-0.2, -0.15) is 0 Å². The Morgan fingerprint density at radius 3 is 1.93 bits per heavy atom. The molecule has 0 aromatic heterocycles. The molecule has 3 fully saturated rings. The largest absolute Gasteiger partial charge is 0.573 e. The van der Waals surface area contributed by atoms with Gasteiger partial charge in [-0.25, -0.2) is 4.79 Å². The molecule has 3 saturated heterocycles. The third kappa shape index (κ3) is 22.0. The summed E-state index contributed by atoms with van der Waals surface area (Å²) in [6.45, 7) is 4.99. The number of phenols is 3. The molecule has 11 bridgehead atoms. The molecule has 0 saturated carbocycles. The van der Waals surface area contributed by atoms with E-state index >= 15 is 24.0 Å². The number of aliphatic hydroxyl groups is 8. The van der Waals surface area contributed by atoms with Crippen LogP contribution in [0.3, 0.4) is 0 Å². The number of likely N-dealkylation sites (N-methyl/N-ethyl adjacent to an activating group) is 1. The second-order valence-corrected chi connectivity index (χ2v) is 35.6. The van der Waals surface area contributed by atoms with E-state index in [1.54, 1.807) is 38.1 Å². The number of benzene rings is 7. The highest BCUT2D eigenvalue weighted by atomic mass is 35.5. The summed E-state index contributed by atoms with van der Waals surface area (Å²) in [6.07, 6.45) is -33.0. The number of hydrogen-bond donors (Lipinski definition) is 22. The number of aromatic hydroxyl groups is 3. The van der Waals surface area contributed by atoms with Gasteiger partial charge < -0.3 is 153 Å². The van der Waals surface area contributed by atoms with Crippen molar-refractivity contribution in [2.45, 2.75) is 210 Å². The molecule has 0 spiro atoms. The van der Waals surface area contributed by atoms with Crippen molar-refractivity contribution in [3.05, 3.63) is 176 Å². The van der Waals surface area contributed by atoms with Crippen LogP contribution in [0, 0.1) is 5.92 Å². The van der Waals surface area contributed by atoms with Gasteiger partial charge in [-0.15, -0.1) is 13.2 Å². The molecule has 0 aliphatic carbocycles. The molecule has 7 amide bonds. The maximum Gasteiger partial charge on any atom is 0.573 e. The first-order chi connectivity index (χ1) is 62.4. The number of ether oxygens (including phenoxy) is 8. The van der Waals surface area contributed by atoms with Crippen molar-refractivity contribution in [1.29, 1.82) is 0 Å². The summed E-state index contributed by atoms with van der Waals surface area (Å²) >= 11 is 14.5. The van der Waals surface area contributed by atoms with Gasteiger partial charge in [0.25, 0.3) is 0 Å². The average Bonchev–Trinajstić information content (AvgIpc) is 0.756. The molecule has 24 N–H and O–H groups in total. The lowest BCUT2D eigenvalue weighted by Crippen LogP contribution is -2.65. The molecule has 7 aromatic carbocycles. The van der Waals surface area contributed by atoms with Gasteiger partial charge in [0.1, 0.15) is 120 Å². The van der Waals surface area contributed by atoms with Gasteiger partial charge in [0, 0.05) is 52.2 Å². The van der Waals surface area contributed by atoms with Crippen molar-refractivity contribution < 1.29 is 155 Å². The summed E-state index contributed by atoms with van der Waals surface area (Å²) in [7, 11) is -0.270. The number of carboxylic acids is 1. The number of aliphatic carboxylic acids is 1. The number of hydrogen-bond acceptors (Lipinski definition) is 31. The van der Waals surface area contributed by atoms with Gasteiger partial charge >= 0.3 is 12.3 Å². The van der Waals surface area contributed by atoms with Gasteiger partial charge in [0.15, 0.2) is 23.8 Å². The Morgan fingerprint density at radius 1 is 0.674 bits per heavy atom. The summed E-state index contributed by atoms with van der Waals surface area (Å²) in [5.74, 6) is -19.0. The molecule has 45 heteroatoms. The number of alkyl halides is 3. The highest BCUT2D eigenvalue weighted by Gasteiger charge is 2.54. The fourth-order valence-electron chi connectivity index (χ4n) is 16.6. The SMILES string of the molecule is CN[C@H](CC(C)C)C(=O)N[C@H]1C(=O)N[C@@H](CC(N)=O)C(=O)N[C@H]2C(=O)N[C@H]3C(=O)N[C@H](C(=O)N[C@@H](C(=O)O)c4cc(O)cc(O)c4-c4cc3ccc4O)[C@H](C3C[C@](C)(N)[C@@H](O)[C@H](C)O3)c3ccc(c(Cl)c3)Oc3cc2cc(c3O[C@@H]2O[C@H](CO)[C@@H](O[C@@H]3O[C@H](CNCc4cccc(S(=O)Cc5ccc(OC(F)(F)F)cc5)c4)[C@H](O)[C@H](O)[C@H]3O)[C@H](O)[C@H]2O)Oc2ccc(cc2Cl)[C@H]1O. The zero-order valence-corrected chi connectivity index (χ0v) is 72.9. The van der Waals surface area contributed by atoms with Gasteiger partial charge in [-0.1, -0.05) is 79.5 Å². The van der Waals surface area contributed by atoms with E-state index < -0.39 is 301 Å². The minimum absolute atomic E-state index is 0.0156. The van der Waals surface area contributed by atoms with Crippen LogP contribution < -0.4 is 72.9 Å². The molecular formula is C87H97Cl2F3N10O29S. The fourth-order valence-corrected chi connectivity index (χ4v) is 18.2. The van der Waals surface area contributed by atoms with Gasteiger partial charge in [0.2, 0.25) is 53.4 Å². The molecule has 8 aliphatic heterocycles. The van der Waals surface area contributed by atoms with E-state index in [2.05, 4.69) is 47.3 Å². The summed E-state index contributed by atoms with van der Waals surface area (Å²) in [5, 5.41) is 160. The van der Waals surface area contributed by atoms with Crippen molar-refractivity contribution in [3.63, 3.8) is 0 Å². The number of nitrogens with two attached hydrogens (primary N) is 2. The predicted octanol–water partition coefficient (Wildman–Crippen LogP) is 2.00. The molecule has 132 heavy (non-hydrogen) atoms. The van der Waals surface area contributed by atoms with Gasteiger partial charge in [0.05, 0.1) is 64.0 Å². The van der Waals surface area contributed by atoms with Crippen molar-refractivity contribution in [3.8, 4) is 62.9 Å². The monoisotopic (exact) mass is 1900 g/mol. The highest BCUT2D eigenvalue weighted by molar-refractivity contribution is 7.84. The number of carboxylic acid groups (broad SMARTS) is 1. The van der Waals surface area contributed by atoms with Crippen molar-refractivity contribution in [1.82, 2.24) is 42.5 Å². The van der Waals surface area contributed by atoms with Gasteiger partial charge in [-0.3, -0.25) is 37.8 Å². The van der Waals surface area contributed by atoms with Gasteiger partial charge in [-0.05, 0) is 152 Å². The number of carbonyl (C=O) groups is 8. The minimum Gasteiger partial charge on any atom is -0.508 e. The van der Waals surface area contributed by atoms with E-state index in [1.165, 1.54) is 57.3 Å². The van der Waals surface area contributed by atoms with E-state index in [0.29, 0.717) is 16.0 Å². The minimum atomic E-state index is -4.93. The second-order valence-electron chi connectivity index (χ2n) is 33.4. The van der Waals surface area contributed by atoms with E-state index in [9.17, 15) is 93.0 Å². The Labute approximate surface area is 761 Å². The maximum absolute atomic E-state index is 16.5. The Morgan fingerprint density at radius 2 is 1.30 bits per heavy atom. The summed E-state index contributed by atoms with van der Waals surface area (Å²) in [5.41, 5.74) is 9.13. The normalized spacial score (nSPS) is 29.2. The molecule has 710 valence electrons. The fraction of sp³-hybridized carbons (Fsp3) is 0.425. The van der Waals surface area contributed by atoms with Crippen molar-refractivity contribution in [2.24, 2.45) is 17.4 Å². The molecule has 24 atom stereocenters. The second kappa shape index (κ2) is 40.7. The number of fused-ring (bicyclic) bond motifs is 15. The average molecular weight is 1910 g/mol. The van der Waals surface area contributed by atoms with Crippen LogP contribution in [0.25, 0.3) is 11.1 Å². The Balaban J connectivity index is 0.928. The molecule has 7 aromatic rings. The summed E-state index contributed by atoms with van der Waals surface area (Å²) in [4.78, 5) is 121. The molecule has 15 rings (SSSR count). The number of amides is 7. The van der Waals surface area contributed by atoms with Crippen LogP contribution in [0.1, 0.15) is 116 Å². The first-order valence-corrected chi connectivity index (χ1v) is 43.5. The first kappa shape index (κ1) is 98.3. The molecule has 0 radical (unpaired) electrons. The first-order valence-electron chi connectivity index (χ1n) is 41.4. The number of halogens is 5.